The number of aliphatic hydroxyl groups excluding tert-OH is 1. The first-order chi connectivity index (χ1) is 8.86. The Balaban J connectivity index is 1.63. The molecule has 0 aliphatic heterocycles. The van der Waals surface area contributed by atoms with Crippen LogP contribution >= 0.6 is 11.8 Å². The van der Waals surface area contributed by atoms with Gasteiger partial charge in [-0.2, -0.15) is 0 Å². The normalized spacial score (nSPS) is 17.1. The average Bonchev–Trinajstić information content (AvgIpc) is 2.40. The molecule has 0 spiro atoms. The highest BCUT2D eigenvalue weighted by Gasteiger charge is 2.24. The first-order valence-electron chi connectivity index (χ1n) is 6.27. The van der Waals surface area contributed by atoms with E-state index in [1.807, 2.05) is 23.9 Å². The van der Waals surface area contributed by atoms with Crippen molar-refractivity contribution in [3.63, 3.8) is 0 Å². The third-order valence-corrected chi connectivity index (χ3v) is 4.65. The van der Waals surface area contributed by atoms with Gasteiger partial charge in [-0.25, -0.2) is 0 Å². The molecule has 0 aromatic heterocycles. The van der Waals surface area contributed by atoms with Crippen LogP contribution in [0.3, 0.4) is 0 Å². The highest BCUT2D eigenvalue weighted by molar-refractivity contribution is 7.99. The summed E-state index contributed by atoms with van der Waals surface area (Å²) in [6, 6.07) is 16.9. The molecule has 1 atom stereocenters. The topological polar surface area (TPSA) is 20.2 Å². The van der Waals surface area contributed by atoms with Crippen LogP contribution in [0.15, 0.2) is 53.4 Å². The Morgan fingerprint density at radius 3 is 2.83 bits per heavy atom. The third kappa shape index (κ3) is 2.31. The van der Waals surface area contributed by atoms with Gasteiger partial charge in [0.05, 0.1) is 6.61 Å². The third-order valence-electron chi connectivity index (χ3n) is 3.49. The second-order valence-electron chi connectivity index (χ2n) is 4.72. The molecule has 2 heteroatoms. The fourth-order valence-corrected chi connectivity index (χ4v) is 3.54. The summed E-state index contributed by atoms with van der Waals surface area (Å²) >= 11 is 1.89. The Hall–Kier alpha value is -1.25. The van der Waals surface area contributed by atoms with Gasteiger partial charge in [0.25, 0.3) is 0 Å². The van der Waals surface area contributed by atoms with Crippen LogP contribution < -0.4 is 0 Å². The maximum atomic E-state index is 9.12. The molecule has 1 aliphatic rings. The van der Waals surface area contributed by atoms with Crippen LogP contribution in [0.1, 0.15) is 22.6 Å². The predicted octanol–water partition coefficient (Wildman–Crippen LogP) is 3.61. The summed E-state index contributed by atoms with van der Waals surface area (Å²) in [5.41, 5.74) is 4.02. The van der Waals surface area contributed by atoms with Gasteiger partial charge >= 0.3 is 0 Å². The summed E-state index contributed by atoms with van der Waals surface area (Å²) in [6.45, 7) is 0.126. The first-order valence-corrected chi connectivity index (χ1v) is 7.26. The molecule has 1 N–H and O–H groups in total. The number of hydrogen-bond acceptors (Lipinski definition) is 2. The largest absolute Gasteiger partial charge is 0.392 e. The molecule has 2 aromatic rings. The molecule has 1 aliphatic carbocycles. The Morgan fingerprint density at radius 1 is 1.11 bits per heavy atom. The lowest BCUT2D eigenvalue weighted by atomic mass is 9.79. The molecule has 0 saturated carbocycles. The van der Waals surface area contributed by atoms with E-state index in [2.05, 4.69) is 36.4 Å². The Bertz CT molecular complexity index is 550. The SMILES string of the molecule is OCc1cccc(SCC2Cc3ccccc32)c1. The van der Waals surface area contributed by atoms with E-state index in [0.717, 1.165) is 11.3 Å². The van der Waals surface area contributed by atoms with Crippen molar-refractivity contribution in [3.8, 4) is 0 Å². The van der Waals surface area contributed by atoms with Crippen molar-refractivity contribution >= 4 is 11.8 Å². The van der Waals surface area contributed by atoms with E-state index in [1.165, 1.54) is 22.4 Å². The smallest absolute Gasteiger partial charge is 0.0682 e. The Kier molecular flexibility index (Phi) is 3.39. The van der Waals surface area contributed by atoms with Crippen LogP contribution in [0.5, 0.6) is 0 Å². The van der Waals surface area contributed by atoms with Crippen LogP contribution in [0.2, 0.25) is 0 Å². The van der Waals surface area contributed by atoms with Gasteiger partial charge < -0.3 is 5.11 Å². The van der Waals surface area contributed by atoms with Crippen molar-refractivity contribution in [3.05, 3.63) is 65.2 Å². The second kappa shape index (κ2) is 5.17. The van der Waals surface area contributed by atoms with Crippen LogP contribution in [0.25, 0.3) is 0 Å². The lowest BCUT2D eigenvalue weighted by Crippen LogP contribution is -2.18. The number of rotatable bonds is 4. The second-order valence-corrected chi connectivity index (χ2v) is 5.81. The van der Waals surface area contributed by atoms with E-state index in [-0.39, 0.29) is 6.61 Å². The average molecular weight is 256 g/mol. The summed E-state index contributed by atoms with van der Waals surface area (Å²) in [5.74, 6) is 1.83. The molecular weight excluding hydrogens is 240 g/mol. The molecule has 92 valence electrons. The quantitative estimate of drug-likeness (QED) is 0.843. The molecule has 2 aromatic carbocycles. The first kappa shape index (κ1) is 11.8. The highest BCUT2D eigenvalue weighted by atomic mass is 32.2. The number of fused-ring (bicyclic) bond motifs is 1. The van der Waals surface area contributed by atoms with Crippen LogP contribution in [0, 0.1) is 0 Å². The predicted molar refractivity (Wildman–Crippen MR) is 76.0 cm³/mol. The highest BCUT2D eigenvalue weighted by Crippen LogP contribution is 2.38. The molecule has 0 saturated heterocycles. The van der Waals surface area contributed by atoms with Gasteiger partial charge in [0, 0.05) is 10.6 Å². The minimum Gasteiger partial charge on any atom is -0.392 e. The van der Waals surface area contributed by atoms with Crippen LogP contribution in [0.4, 0.5) is 0 Å². The van der Waals surface area contributed by atoms with Crippen molar-refractivity contribution < 1.29 is 5.11 Å². The van der Waals surface area contributed by atoms with Gasteiger partial charge in [0.1, 0.15) is 0 Å². The monoisotopic (exact) mass is 256 g/mol. The minimum absolute atomic E-state index is 0.126. The fourth-order valence-electron chi connectivity index (χ4n) is 2.44. The lowest BCUT2D eigenvalue weighted by Gasteiger charge is -2.29. The van der Waals surface area contributed by atoms with Gasteiger partial charge in [0.15, 0.2) is 0 Å². The molecule has 0 radical (unpaired) electrons. The summed E-state index contributed by atoms with van der Waals surface area (Å²) in [5, 5.41) is 9.12. The minimum atomic E-state index is 0.126. The van der Waals surface area contributed by atoms with Gasteiger partial charge in [-0.3, -0.25) is 0 Å². The van der Waals surface area contributed by atoms with Crippen molar-refractivity contribution in [1.29, 1.82) is 0 Å². The van der Waals surface area contributed by atoms with E-state index in [4.69, 9.17) is 5.11 Å². The van der Waals surface area contributed by atoms with Gasteiger partial charge in [-0.15, -0.1) is 11.8 Å². The molecule has 1 unspecified atom stereocenters. The van der Waals surface area contributed by atoms with E-state index in [1.54, 1.807) is 0 Å². The molecule has 0 heterocycles. The van der Waals surface area contributed by atoms with Crippen molar-refractivity contribution in [2.75, 3.05) is 5.75 Å². The molecule has 3 rings (SSSR count). The number of thioether (sulfide) groups is 1. The summed E-state index contributed by atoms with van der Waals surface area (Å²) in [4.78, 5) is 1.26. The van der Waals surface area contributed by atoms with Crippen molar-refractivity contribution in [2.24, 2.45) is 0 Å². The maximum absolute atomic E-state index is 9.12. The van der Waals surface area contributed by atoms with Gasteiger partial charge in [-0.05, 0) is 41.2 Å². The van der Waals surface area contributed by atoms with Crippen molar-refractivity contribution in [1.82, 2.24) is 0 Å². The van der Waals surface area contributed by atoms with E-state index >= 15 is 0 Å². The molecule has 0 bridgehead atoms. The Labute approximate surface area is 112 Å². The number of hydrogen-bond donors (Lipinski definition) is 1. The number of benzene rings is 2. The van der Waals surface area contributed by atoms with Crippen molar-refractivity contribution in [2.45, 2.75) is 23.8 Å². The zero-order valence-electron chi connectivity index (χ0n) is 10.2. The zero-order chi connectivity index (χ0) is 12.4. The number of aliphatic hydroxyl groups is 1. The molecule has 18 heavy (non-hydrogen) atoms. The van der Waals surface area contributed by atoms with Crippen LogP contribution in [-0.4, -0.2) is 10.9 Å². The fraction of sp³-hybridized carbons (Fsp3) is 0.250. The molecular formula is C16H16OS. The summed E-state index contributed by atoms with van der Waals surface area (Å²) < 4.78 is 0. The van der Waals surface area contributed by atoms with Gasteiger partial charge in [0.2, 0.25) is 0 Å². The zero-order valence-corrected chi connectivity index (χ0v) is 11.0. The maximum Gasteiger partial charge on any atom is 0.0682 e. The Morgan fingerprint density at radius 2 is 2.00 bits per heavy atom. The molecule has 1 nitrogen and oxygen atoms in total. The van der Waals surface area contributed by atoms with Gasteiger partial charge in [-0.1, -0.05) is 36.4 Å². The van der Waals surface area contributed by atoms with E-state index < -0.39 is 0 Å². The lowest BCUT2D eigenvalue weighted by molar-refractivity contribution is 0.281. The molecule has 0 amide bonds. The summed E-state index contributed by atoms with van der Waals surface area (Å²) in [6.07, 6.45) is 1.21. The standard InChI is InChI=1S/C16H16OS/c17-10-12-4-3-6-15(8-12)18-11-14-9-13-5-1-2-7-16(13)14/h1-8,14,17H,9-11H2. The molecule has 0 fully saturated rings. The van der Waals surface area contributed by atoms with Crippen LogP contribution in [-0.2, 0) is 13.0 Å². The van der Waals surface area contributed by atoms with E-state index in [0.29, 0.717) is 5.92 Å². The van der Waals surface area contributed by atoms with E-state index in [9.17, 15) is 0 Å². The summed E-state index contributed by atoms with van der Waals surface area (Å²) in [7, 11) is 0.